The van der Waals surface area contributed by atoms with Crippen LogP contribution in [-0.4, -0.2) is 63.7 Å². The number of imidazole rings is 1. The molecule has 0 fully saturated rings. The fourth-order valence-corrected chi connectivity index (χ4v) is 4.76. The standard InChI is InChI=1S/C30H33N7O2/c1-2-3-16-36(17-15-32-21-38)20-22-6-8-24(9-7-22)37-29(25-5-4-14-33-28(25)31)35-27-11-10-26(34-30(27)37)23-12-18-39-19-13-23/h2,4-12,14,21H,1,3,13,15-20H2,(H2,31,33)(H,32,38). The van der Waals surface area contributed by atoms with Gasteiger partial charge in [0.15, 0.2) is 11.5 Å². The summed E-state index contributed by atoms with van der Waals surface area (Å²) in [4.78, 5) is 27.3. The summed E-state index contributed by atoms with van der Waals surface area (Å²) in [5.74, 6) is 1.11. The van der Waals surface area contributed by atoms with Gasteiger partial charge in [0, 0.05) is 38.1 Å². The minimum atomic E-state index is 0.417. The van der Waals surface area contributed by atoms with Crippen LogP contribution < -0.4 is 11.1 Å². The number of anilines is 1. The van der Waals surface area contributed by atoms with Gasteiger partial charge in [0.25, 0.3) is 0 Å². The van der Waals surface area contributed by atoms with Crippen molar-refractivity contribution in [3.05, 3.63) is 84.7 Å². The van der Waals surface area contributed by atoms with E-state index in [4.69, 9.17) is 20.4 Å². The van der Waals surface area contributed by atoms with Gasteiger partial charge in [-0.1, -0.05) is 24.3 Å². The number of aromatic nitrogens is 4. The zero-order valence-electron chi connectivity index (χ0n) is 21.9. The number of benzene rings is 1. The smallest absolute Gasteiger partial charge is 0.207 e. The maximum absolute atomic E-state index is 10.7. The Bertz CT molecular complexity index is 1480. The predicted molar refractivity (Wildman–Crippen MR) is 154 cm³/mol. The van der Waals surface area contributed by atoms with Crippen molar-refractivity contribution in [2.45, 2.75) is 19.4 Å². The molecule has 9 nitrogen and oxygen atoms in total. The first kappa shape index (κ1) is 26.3. The molecule has 9 heteroatoms. The summed E-state index contributed by atoms with van der Waals surface area (Å²) in [6.45, 7) is 8.13. The highest BCUT2D eigenvalue weighted by Crippen LogP contribution is 2.31. The molecule has 0 atom stereocenters. The van der Waals surface area contributed by atoms with Crippen LogP contribution in [0.25, 0.3) is 33.8 Å². The second-order valence-electron chi connectivity index (χ2n) is 9.39. The first-order valence-corrected chi connectivity index (χ1v) is 13.1. The van der Waals surface area contributed by atoms with Crippen molar-refractivity contribution >= 4 is 29.0 Å². The molecular weight excluding hydrogens is 490 g/mol. The van der Waals surface area contributed by atoms with E-state index in [0.29, 0.717) is 31.4 Å². The summed E-state index contributed by atoms with van der Waals surface area (Å²) in [7, 11) is 0. The number of fused-ring (bicyclic) bond motifs is 1. The zero-order chi connectivity index (χ0) is 27.0. The Morgan fingerprint density at radius 1 is 1.13 bits per heavy atom. The molecule has 1 aliphatic rings. The monoisotopic (exact) mass is 523 g/mol. The van der Waals surface area contributed by atoms with Gasteiger partial charge >= 0.3 is 0 Å². The molecule has 1 aliphatic heterocycles. The van der Waals surface area contributed by atoms with Crippen molar-refractivity contribution in [3.63, 3.8) is 0 Å². The van der Waals surface area contributed by atoms with Gasteiger partial charge in [-0.2, -0.15) is 0 Å². The molecular formula is C30H33N7O2. The summed E-state index contributed by atoms with van der Waals surface area (Å²) in [6.07, 6.45) is 8.13. The lowest BCUT2D eigenvalue weighted by Crippen LogP contribution is -2.32. The van der Waals surface area contributed by atoms with E-state index in [1.165, 1.54) is 11.1 Å². The average Bonchev–Trinajstić information content (AvgIpc) is 3.35. The number of carbonyl (C=O) groups is 1. The van der Waals surface area contributed by atoms with Crippen LogP contribution in [0, 0.1) is 0 Å². The first-order valence-electron chi connectivity index (χ1n) is 13.1. The predicted octanol–water partition coefficient (Wildman–Crippen LogP) is 3.99. The van der Waals surface area contributed by atoms with Crippen LogP contribution >= 0.6 is 0 Å². The van der Waals surface area contributed by atoms with E-state index in [2.05, 4.69) is 56.7 Å². The number of hydrogen-bond acceptors (Lipinski definition) is 7. The molecule has 0 aliphatic carbocycles. The number of amides is 1. The zero-order valence-corrected chi connectivity index (χ0v) is 21.9. The molecule has 4 aromatic rings. The van der Waals surface area contributed by atoms with E-state index in [-0.39, 0.29) is 0 Å². The summed E-state index contributed by atoms with van der Waals surface area (Å²) in [5, 5.41) is 2.75. The van der Waals surface area contributed by atoms with Crippen LogP contribution in [0.5, 0.6) is 0 Å². The van der Waals surface area contributed by atoms with E-state index < -0.39 is 0 Å². The van der Waals surface area contributed by atoms with Crippen LogP contribution in [0.3, 0.4) is 0 Å². The molecule has 1 aromatic carbocycles. The highest BCUT2D eigenvalue weighted by atomic mass is 16.5. The van der Waals surface area contributed by atoms with Crippen LogP contribution in [0.4, 0.5) is 5.82 Å². The third-order valence-corrected chi connectivity index (χ3v) is 6.78. The Labute approximate surface area is 228 Å². The second kappa shape index (κ2) is 12.5. The largest absolute Gasteiger partial charge is 0.383 e. The maximum Gasteiger partial charge on any atom is 0.207 e. The van der Waals surface area contributed by atoms with Crippen molar-refractivity contribution in [2.24, 2.45) is 0 Å². The van der Waals surface area contributed by atoms with Gasteiger partial charge in [0.2, 0.25) is 6.41 Å². The summed E-state index contributed by atoms with van der Waals surface area (Å²) in [5.41, 5.74) is 12.8. The maximum atomic E-state index is 10.7. The number of nitrogens with one attached hydrogen (secondary N) is 1. The molecule has 200 valence electrons. The molecule has 3 aromatic heterocycles. The van der Waals surface area contributed by atoms with Gasteiger partial charge in [0.1, 0.15) is 11.3 Å². The lowest BCUT2D eigenvalue weighted by Gasteiger charge is -2.22. The van der Waals surface area contributed by atoms with Crippen molar-refractivity contribution in [1.82, 2.24) is 29.7 Å². The van der Waals surface area contributed by atoms with E-state index >= 15 is 0 Å². The van der Waals surface area contributed by atoms with Crippen LogP contribution in [0.1, 0.15) is 24.1 Å². The van der Waals surface area contributed by atoms with E-state index in [1.54, 1.807) is 6.20 Å². The number of carbonyl (C=O) groups excluding carboxylic acids is 1. The summed E-state index contributed by atoms with van der Waals surface area (Å²) < 4.78 is 7.55. The first-order chi connectivity index (χ1) is 19.2. The number of ether oxygens (including phenoxy) is 1. The van der Waals surface area contributed by atoms with Crippen molar-refractivity contribution in [3.8, 4) is 17.1 Å². The number of rotatable bonds is 12. The van der Waals surface area contributed by atoms with Gasteiger partial charge in [-0.25, -0.2) is 15.0 Å². The minimum Gasteiger partial charge on any atom is -0.383 e. The molecule has 39 heavy (non-hydrogen) atoms. The molecule has 3 N–H and O–H groups in total. The highest BCUT2D eigenvalue weighted by molar-refractivity contribution is 5.84. The molecule has 0 radical (unpaired) electrons. The number of hydrogen-bond donors (Lipinski definition) is 2. The minimum absolute atomic E-state index is 0.417. The van der Waals surface area contributed by atoms with Gasteiger partial charge in [-0.15, -0.1) is 6.58 Å². The lowest BCUT2D eigenvalue weighted by atomic mass is 10.1. The Hall–Kier alpha value is -4.34. The third-order valence-electron chi connectivity index (χ3n) is 6.78. The van der Waals surface area contributed by atoms with Gasteiger partial charge in [-0.3, -0.25) is 14.3 Å². The molecule has 5 rings (SSSR count). The number of nitrogen functional groups attached to an aromatic ring is 1. The lowest BCUT2D eigenvalue weighted by molar-refractivity contribution is -0.109. The van der Waals surface area contributed by atoms with Crippen molar-refractivity contribution in [2.75, 3.05) is 38.6 Å². The quantitative estimate of drug-likeness (QED) is 0.164. The molecule has 0 saturated heterocycles. The molecule has 0 spiro atoms. The van der Waals surface area contributed by atoms with E-state index in [1.807, 2.05) is 30.3 Å². The van der Waals surface area contributed by atoms with Gasteiger partial charge in [0.05, 0.1) is 24.5 Å². The molecule has 1 amide bonds. The fourth-order valence-electron chi connectivity index (χ4n) is 4.76. The number of nitrogens with two attached hydrogens (primary N) is 1. The van der Waals surface area contributed by atoms with E-state index in [9.17, 15) is 4.79 Å². The Morgan fingerprint density at radius 2 is 2.00 bits per heavy atom. The SMILES string of the molecule is C=CCCN(CCNC=O)Cc1ccc(-n2c(-c3cccnc3N)nc3ccc(C4=CCOCC4)nc32)cc1. The van der Waals surface area contributed by atoms with Gasteiger partial charge in [-0.05, 0) is 60.4 Å². The number of nitrogens with zero attached hydrogens (tertiary/aromatic N) is 5. The molecule has 4 heterocycles. The van der Waals surface area contributed by atoms with E-state index in [0.717, 1.165) is 67.0 Å². The molecule has 0 unspecified atom stereocenters. The van der Waals surface area contributed by atoms with Crippen LogP contribution in [0.2, 0.25) is 0 Å². The van der Waals surface area contributed by atoms with Crippen molar-refractivity contribution < 1.29 is 9.53 Å². The van der Waals surface area contributed by atoms with Crippen LogP contribution in [0.15, 0.2) is 73.5 Å². The normalized spacial score (nSPS) is 13.4. The Kier molecular flexibility index (Phi) is 8.40. The third kappa shape index (κ3) is 6.05. The second-order valence-corrected chi connectivity index (χ2v) is 9.39. The summed E-state index contributed by atoms with van der Waals surface area (Å²) >= 11 is 0. The topological polar surface area (TPSA) is 111 Å². The summed E-state index contributed by atoms with van der Waals surface area (Å²) in [6, 6.07) is 16.2. The Balaban J connectivity index is 1.53. The highest BCUT2D eigenvalue weighted by Gasteiger charge is 2.19. The average molecular weight is 524 g/mol. The van der Waals surface area contributed by atoms with Gasteiger partial charge < -0.3 is 15.8 Å². The number of pyridine rings is 2. The van der Waals surface area contributed by atoms with Crippen molar-refractivity contribution in [1.29, 1.82) is 0 Å². The Morgan fingerprint density at radius 3 is 2.74 bits per heavy atom. The fraction of sp³-hybridized carbons (Fsp3) is 0.267. The molecule has 0 bridgehead atoms. The molecule has 0 saturated carbocycles. The van der Waals surface area contributed by atoms with Crippen LogP contribution in [-0.2, 0) is 16.1 Å².